The Morgan fingerprint density at radius 2 is 1.94 bits per heavy atom. The quantitative estimate of drug-likeness (QED) is 0.733. The molecule has 0 amide bonds. The Labute approximate surface area is 108 Å². The predicted molar refractivity (Wildman–Crippen MR) is 74.4 cm³/mol. The Kier molecular flexibility index (Phi) is 6.50. The summed E-state index contributed by atoms with van der Waals surface area (Å²) in [5.41, 5.74) is 0.122. The van der Waals surface area contributed by atoms with E-state index < -0.39 is 0 Å². The van der Waals surface area contributed by atoms with Gasteiger partial charge in [0.1, 0.15) is 0 Å². The fourth-order valence-corrected chi connectivity index (χ4v) is 2.87. The zero-order chi connectivity index (χ0) is 12.7. The standard InChI is InChI=1S/C15H31NO/c1-5-7-14(4)17-15(12-16-6-2)10-8-13(3)9-11-15/h13-14,16H,5-12H2,1-4H3. The summed E-state index contributed by atoms with van der Waals surface area (Å²) in [5, 5.41) is 3.50. The summed E-state index contributed by atoms with van der Waals surface area (Å²) in [5.74, 6) is 0.884. The number of nitrogens with one attached hydrogen (secondary N) is 1. The summed E-state index contributed by atoms with van der Waals surface area (Å²) in [4.78, 5) is 0. The second-order valence-electron chi connectivity index (χ2n) is 5.86. The molecular weight excluding hydrogens is 210 g/mol. The van der Waals surface area contributed by atoms with Crippen LogP contribution in [0.1, 0.15) is 66.2 Å². The summed E-state index contributed by atoms with van der Waals surface area (Å²) >= 11 is 0. The molecule has 1 aliphatic carbocycles. The van der Waals surface area contributed by atoms with Crippen LogP contribution in [0.5, 0.6) is 0 Å². The number of likely N-dealkylation sites (N-methyl/N-ethyl adjacent to an activating group) is 1. The molecule has 2 heteroatoms. The van der Waals surface area contributed by atoms with Crippen molar-refractivity contribution in [3.05, 3.63) is 0 Å². The van der Waals surface area contributed by atoms with E-state index in [-0.39, 0.29) is 5.60 Å². The van der Waals surface area contributed by atoms with Gasteiger partial charge in [0, 0.05) is 6.54 Å². The lowest BCUT2D eigenvalue weighted by Crippen LogP contribution is -2.47. The van der Waals surface area contributed by atoms with Crippen LogP contribution in [0.25, 0.3) is 0 Å². The van der Waals surface area contributed by atoms with Crippen molar-refractivity contribution in [2.24, 2.45) is 5.92 Å². The Morgan fingerprint density at radius 1 is 1.29 bits per heavy atom. The van der Waals surface area contributed by atoms with Crippen LogP contribution in [-0.4, -0.2) is 24.8 Å². The summed E-state index contributed by atoms with van der Waals surface area (Å²) in [6.45, 7) is 11.1. The fourth-order valence-electron chi connectivity index (χ4n) is 2.87. The first-order valence-corrected chi connectivity index (χ1v) is 7.50. The maximum atomic E-state index is 6.41. The minimum absolute atomic E-state index is 0.122. The molecule has 0 aliphatic heterocycles. The molecule has 17 heavy (non-hydrogen) atoms. The van der Waals surface area contributed by atoms with Gasteiger partial charge >= 0.3 is 0 Å². The number of hydrogen-bond acceptors (Lipinski definition) is 2. The molecule has 1 rings (SSSR count). The average Bonchev–Trinajstić information content (AvgIpc) is 2.31. The zero-order valence-electron chi connectivity index (χ0n) is 12.2. The smallest absolute Gasteiger partial charge is 0.0810 e. The van der Waals surface area contributed by atoms with Gasteiger partial charge in [-0.1, -0.05) is 27.2 Å². The first kappa shape index (κ1) is 15.0. The van der Waals surface area contributed by atoms with Gasteiger partial charge in [0.05, 0.1) is 11.7 Å². The van der Waals surface area contributed by atoms with Gasteiger partial charge in [0.25, 0.3) is 0 Å². The minimum Gasteiger partial charge on any atom is -0.371 e. The molecule has 0 radical (unpaired) electrons. The van der Waals surface area contributed by atoms with Gasteiger partial charge in [-0.25, -0.2) is 0 Å². The van der Waals surface area contributed by atoms with Crippen LogP contribution in [0, 0.1) is 5.92 Å². The van der Waals surface area contributed by atoms with Crippen LogP contribution >= 0.6 is 0 Å². The number of hydrogen-bond donors (Lipinski definition) is 1. The summed E-state index contributed by atoms with van der Waals surface area (Å²) in [6.07, 6.45) is 7.92. The van der Waals surface area contributed by atoms with Crippen molar-refractivity contribution in [3.63, 3.8) is 0 Å². The van der Waals surface area contributed by atoms with Crippen LogP contribution in [-0.2, 0) is 4.74 Å². The molecule has 1 fully saturated rings. The summed E-state index contributed by atoms with van der Waals surface area (Å²) < 4.78 is 6.41. The minimum atomic E-state index is 0.122. The van der Waals surface area contributed by atoms with E-state index in [4.69, 9.17) is 4.74 Å². The molecule has 0 aromatic rings. The van der Waals surface area contributed by atoms with Gasteiger partial charge in [-0.3, -0.25) is 0 Å². The van der Waals surface area contributed by atoms with E-state index in [2.05, 4.69) is 33.0 Å². The van der Waals surface area contributed by atoms with E-state index in [0.29, 0.717) is 6.10 Å². The van der Waals surface area contributed by atoms with Gasteiger partial charge in [0.2, 0.25) is 0 Å². The van der Waals surface area contributed by atoms with Crippen molar-refractivity contribution in [2.75, 3.05) is 13.1 Å². The lowest BCUT2D eigenvalue weighted by Gasteiger charge is -2.41. The molecule has 1 aliphatic rings. The SMILES string of the molecule is CCCC(C)OC1(CNCC)CCC(C)CC1. The first-order valence-electron chi connectivity index (χ1n) is 7.50. The fraction of sp³-hybridized carbons (Fsp3) is 1.00. The van der Waals surface area contributed by atoms with E-state index in [1.807, 2.05) is 0 Å². The first-order chi connectivity index (χ1) is 8.12. The third kappa shape index (κ3) is 4.97. The zero-order valence-corrected chi connectivity index (χ0v) is 12.2. The van der Waals surface area contributed by atoms with Crippen LogP contribution in [0.3, 0.4) is 0 Å². The summed E-state index contributed by atoms with van der Waals surface area (Å²) in [7, 11) is 0. The molecule has 1 N–H and O–H groups in total. The summed E-state index contributed by atoms with van der Waals surface area (Å²) in [6, 6.07) is 0. The lowest BCUT2D eigenvalue weighted by molar-refractivity contribution is -0.113. The number of ether oxygens (including phenoxy) is 1. The highest BCUT2D eigenvalue weighted by Crippen LogP contribution is 2.35. The molecule has 1 atom stereocenters. The largest absolute Gasteiger partial charge is 0.371 e. The molecule has 0 spiro atoms. The van der Waals surface area contributed by atoms with E-state index >= 15 is 0 Å². The van der Waals surface area contributed by atoms with Crippen LogP contribution in [0.2, 0.25) is 0 Å². The van der Waals surface area contributed by atoms with Gasteiger partial charge in [-0.05, 0) is 51.5 Å². The van der Waals surface area contributed by atoms with Crippen molar-refractivity contribution in [2.45, 2.75) is 77.9 Å². The van der Waals surface area contributed by atoms with Crippen LogP contribution < -0.4 is 5.32 Å². The Morgan fingerprint density at radius 3 is 2.47 bits per heavy atom. The predicted octanol–water partition coefficient (Wildman–Crippen LogP) is 3.75. The van der Waals surface area contributed by atoms with Crippen molar-refractivity contribution < 1.29 is 4.74 Å². The lowest BCUT2D eigenvalue weighted by atomic mass is 9.79. The molecule has 0 aromatic heterocycles. The molecular formula is C15H31NO. The third-order valence-electron chi connectivity index (χ3n) is 4.03. The monoisotopic (exact) mass is 241 g/mol. The van der Waals surface area contributed by atoms with Crippen LogP contribution in [0.15, 0.2) is 0 Å². The van der Waals surface area contributed by atoms with Crippen LogP contribution in [0.4, 0.5) is 0 Å². The topological polar surface area (TPSA) is 21.3 Å². The van der Waals surface area contributed by atoms with E-state index in [0.717, 1.165) is 19.0 Å². The Bertz CT molecular complexity index is 192. The molecule has 0 bridgehead atoms. The van der Waals surface area contributed by atoms with E-state index in [1.54, 1.807) is 0 Å². The third-order valence-corrected chi connectivity index (χ3v) is 4.03. The highest BCUT2D eigenvalue weighted by Gasteiger charge is 2.35. The Balaban J connectivity index is 2.52. The molecule has 1 unspecified atom stereocenters. The van der Waals surface area contributed by atoms with E-state index in [1.165, 1.54) is 38.5 Å². The van der Waals surface area contributed by atoms with Gasteiger partial charge in [-0.2, -0.15) is 0 Å². The molecule has 102 valence electrons. The van der Waals surface area contributed by atoms with Crippen molar-refractivity contribution in [3.8, 4) is 0 Å². The van der Waals surface area contributed by atoms with E-state index in [9.17, 15) is 0 Å². The molecule has 0 heterocycles. The molecule has 2 nitrogen and oxygen atoms in total. The van der Waals surface area contributed by atoms with Gasteiger partial charge in [0.15, 0.2) is 0 Å². The molecule has 0 aromatic carbocycles. The molecule has 1 saturated carbocycles. The maximum absolute atomic E-state index is 6.41. The Hall–Kier alpha value is -0.0800. The highest BCUT2D eigenvalue weighted by atomic mass is 16.5. The van der Waals surface area contributed by atoms with Gasteiger partial charge in [-0.15, -0.1) is 0 Å². The molecule has 0 saturated heterocycles. The van der Waals surface area contributed by atoms with Crippen molar-refractivity contribution in [1.82, 2.24) is 5.32 Å². The number of rotatable bonds is 7. The van der Waals surface area contributed by atoms with Crippen molar-refractivity contribution >= 4 is 0 Å². The second kappa shape index (κ2) is 7.38. The average molecular weight is 241 g/mol. The maximum Gasteiger partial charge on any atom is 0.0810 e. The second-order valence-corrected chi connectivity index (χ2v) is 5.86. The normalized spacial score (nSPS) is 31.4. The van der Waals surface area contributed by atoms with Crippen molar-refractivity contribution in [1.29, 1.82) is 0 Å². The highest BCUT2D eigenvalue weighted by molar-refractivity contribution is 4.89. The van der Waals surface area contributed by atoms with Gasteiger partial charge < -0.3 is 10.1 Å².